The highest BCUT2D eigenvalue weighted by Gasteiger charge is 2.59. The van der Waals surface area contributed by atoms with Gasteiger partial charge < -0.3 is 19.9 Å². The molecule has 7 nitrogen and oxygen atoms in total. The van der Waals surface area contributed by atoms with Crippen LogP contribution in [0.5, 0.6) is 0 Å². The molecule has 0 aromatic carbocycles. The molecule has 23 heavy (non-hydrogen) atoms. The largest absolute Gasteiger partial charge is 0.378 e. The highest BCUT2D eigenvalue weighted by Crippen LogP contribution is 2.57. The second-order valence-electron chi connectivity index (χ2n) is 6.93. The predicted octanol–water partition coefficient (Wildman–Crippen LogP) is 1.37. The molecule has 3 aliphatic rings. The lowest BCUT2D eigenvalue weighted by atomic mass is 9.51. The molecule has 1 aliphatic heterocycles. The van der Waals surface area contributed by atoms with Crippen LogP contribution in [0.2, 0.25) is 0 Å². The molecule has 126 valence electrons. The first-order valence-corrected chi connectivity index (χ1v) is 8.80. The number of ether oxygens (including phenoxy) is 1. The lowest BCUT2D eigenvalue weighted by Gasteiger charge is -2.60. The Kier molecular flexibility index (Phi) is 3.75. The van der Waals surface area contributed by atoms with Crippen molar-refractivity contribution < 1.29 is 9.53 Å². The Balaban J connectivity index is 1.29. The fraction of sp³-hybridized carbons (Fsp3) is 0.812. The van der Waals surface area contributed by atoms with Gasteiger partial charge in [-0.3, -0.25) is 0 Å². The number of rotatable bonds is 5. The van der Waals surface area contributed by atoms with Gasteiger partial charge in [0.2, 0.25) is 0 Å². The summed E-state index contributed by atoms with van der Waals surface area (Å²) in [5, 5.41) is 14.4. The summed E-state index contributed by atoms with van der Waals surface area (Å²) in [6.45, 7) is 4.19. The van der Waals surface area contributed by atoms with Crippen LogP contribution in [0.4, 0.5) is 4.79 Å². The van der Waals surface area contributed by atoms with Crippen molar-refractivity contribution >= 4 is 6.03 Å². The van der Waals surface area contributed by atoms with E-state index in [-0.39, 0.29) is 17.5 Å². The number of hydrogen-bond acceptors (Lipinski definition) is 4. The van der Waals surface area contributed by atoms with Gasteiger partial charge in [0, 0.05) is 31.0 Å². The molecule has 0 bridgehead atoms. The van der Waals surface area contributed by atoms with E-state index < -0.39 is 0 Å². The Morgan fingerprint density at radius 3 is 3.00 bits per heavy atom. The van der Waals surface area contributed by atoms with E-state index in [1.807, 2.05) is 6.92 Å². The molecular weight excluding hydrogens is 294 g/mol. The maximum Gasteiger partial charge on any atom is 0.315 e. The fourth-order valence-electron chi connectivity index (χ4n) is 4.35. The average molecular weight is 319 g/mol. The van der Waals surface area contributed by atoms with Gasteiger partial charge in [0.15, 0.2) is 5.82 Å². The van der Waals surface area contributed by atoms with E-state index in [0.29, 0.717) is 12.6 Å². The Labute approximate surface area is 136 Å². The fourth-order valence-corrected chi connectivity index (χ4v) is 4.35. The molecule has 1 aromatic rings. The minimum atomic E-state index is -0.105. The maximum atomic E-state index is 12.2. The molecule has 2 atom stereocenters. The van der Waals surface area contributed by atoms with Crippen LogP contribution in [0.15, 0.2) is 0 Å². The molecule has 0 saturated heterocycles. The number of nitrogens with zero attached hydrogens (tertiary/aromatic N) is 3. The molecule has 0 radical (unpaired) electrons. The van der Waals surface area contributed by atoms with Crippen molar-refractivity contribution in [3.63, 3.8) is 0 Å². The van der Waals surface area contributed by atoms with Crippen LogP contribution in [0.1, 0.15) is 50.7 Å². The monoisotopic (exact) mass is 319 g/mol. The van der Waals surface area contributed by atoms with E-state index in [2.05, 4.69) is 25.4 Å². The van der Waals surface area contributed by atoms with E-state index in [1.165, 1.54) is 19.3 Å². The zero-order valence-corrected chi connectivity index (χ0v) is 13.7. The summed E-state index contributed by atoms with van der Waals surface area (Å²) >= 11 is 0. The molecule has 4 rings (SSSR count). The first-order valence-electron chi connectivity index (χ1n) is 8.80. The standard InChI is InChI=1S/C16H25N5O2/c1-2-23-12-9-11(16(12)6-4-7-16)18-15(22)17-10-14-20-19-13-5-3-8-21(13)14/h11-12H,2-10H2,1H3,(H2,17,18,22)/t11-,12+/m0/s1. The van der Waals surface area contributed by atoms with Gasteiger partial charge in [-0.1, -0.05) is 6.42 Å². The van der Waals surface area contributed by atoms with Gasteiger partial charge in [-0.05, 0) is 32.6 Å². The Morgan fingerprint density at radius 2 is 2.26 bits per heavy atom. The van der Waals surface area contributed by atoms with Crippen molar-refractivity contribution in [2.24, 2.45) is 5.41 Å². The van der Waals surface area contributed by atoms with Crippen LogP contribution in [-0.4, -0.2) is 39.5 Å². The normalized spacial score (nSPS) is 27.2. The maximum absolute atomic E-state index is 12.2. The highest BCUT2D eigenvalue weighted by molar-refractivity contribution is 5.74. The lowest BCUT2D eigenvalue weighted by molar-refractivity contribution is -0.169. The van der Waals surface area contributed by atoms with Crippen LogP contribution < -0.4 is 10.6 Å². The lowest BCUT2D eigenvalue weighted by Crippen LogP contribution is -2.68. The van der Waals surface area contributed by atoms with E-state index in [9.17, 15) is 4.79 Å². The van der Waals surface area contributed by atoms with Crippen molar-refractivity contribution in [1.82, 2.24) is 25.4 Å². The third-order valence-corrected chi connectivity index (χ3v) is 5.84. The number of nitrogens with one attached hydrogen (secondary N) is 2. The van der Waals surface area contributed by atoms with Crippen LogP contribution in [0, 0.1) is 5.41 Å². The molecule has 2 fully saturated rings. The summed E-state index contributed by atoms with van der Waals surface area (Å²) in [5.41, 5.74) is 0.198. The second-order valence-corrected chi connectivity index (χ2v) is 6.93. The molecule has 0 unspecified atom stereocenters. The zero-order valence-electron chi connectivity index (χ0n) is 13.7. The highest BCUT2D eigenvalue weighted by atomic mass is 16.5. The summed E-state index contributed by atoms with van der Waals surface area (Å²) in [7, 11) is 0. The van der Waals surface area contributed by atoms with Crippen LogP contribution in [0.3, 0.4) is 0 Å². The van der Waals surface area contributed by atoms with E-state index in [4.69, 9.17) is 4.74 Å². The molecule has 2 saturated carbocycles. The summed E-state index contributed by atoms with van der Waals surface area (Å²) < 4.78 is 7.94. The van der Waals surface area contributed by atoms with Gasteiger partial charge in [0.1, 0.15) is 5.82 Å². The summed E-state index contributed by atoms with van der Waals surface area (Å²) in [4.78, 5) is 12.2. The molecule has 1 aromatic heterocycles. The average Bonchev–Trinajstić information content (AvgIpc) is 3.05. The first kappa shape index (κ1) is 14.9. The van der Waals surface area contributed by atoms with Crippen molar-refractivity contribution in [1.29, 1.82) is 0 Å². The number of carbonyl (C=O) groups excluding carboxylic acids is 1. The van der Waals surface area contributed by atoms with Crippen molar-refractivity contribution in [3.8, 4) is 0 Å². The molecule has 1 spiro atoms. The minimum absolute atomic E-state index is 0.105. The van der Waals surface area contributed by atoms with Gasteiger partial charge in [0.25, 0.3) is 0 Å². The Hall–Kier alpha value is -1.63. The van der Waals surface area contributed by atoms with Crippen molar-refractivity contribution in [3.05, 3.63) is 11.6 Å². The van der Waals surface area contributed by atoms with Crippen LogP contribution >= 0.6 is 0 Å². The van der Waals surface area contributed by atoms with Crippen molar-refractivity contribution in [2.75, 3.05) is 6.61 Å². The third kappa shape index (κ3) is 2.41. The third-order valence-electron chi connectivity index (χ3n) is 5.84. The number of hydrogen-bond donors (Lipinski definition) is 2. The molecule has 2 N–H and O–H groups in total. The Bertz CT molecular complexity index is 595. The smallest absolute Gasteiger partial charge is 0.315 e. The van der Waals surface area contributed by atoms with Gasteiger partial charge in [-0.25, -0.2) is 4.79 Å². The van der Waals surface area contributed by atoms with Crippen LogP contribution in [-0.2, 0) is 24.2 Å². The summed E-state index contributed by atoms with van der Waals surface area (Å²) in [5.74, 6) is 1.89. The van der Waals surface area contributed by atoms with Gasteiger partial charge in [-0.15, -0.1) is 10.2 Å². The second kappa shape index (κ2) is 5.78. The van der Waals surface area contributed by atoms with Crippen LogP contribution in [0.25, 0.3) is 0 Å². The number of aromatic nitrogens is 3. The number of aryl methyl sites for hydroxylation is 1. The summed E-state index contributed by atoms with van der Waals surface area (Å²) in [6.07, 6.45) is 6.94. The van der Waals surface area contributed by atoms with Gasteiger partial charge >= 0.3 is 6.03 Å². The van der Waals surface area contributed by atoms with E-state index >= 15 is 0 Å². The topological polar surface area (TPSA) is 81.1 Å². The van der Waals surface area contributed by atoms with Gasteiger partial charge in [0.05, 0.1) is 12.6 Å². The molecule has 2 heterocycles. The first-order chi connectivity index (χ1) is 11.2. The Morgan fingerprint density at radius 1 is 1.39 bits per heavy atom. The van der Waals surface area contributed by atoms with Crippen molar-refractivity contribution in [2.45, 2.75) is 70.7 Å². The number of amides is 2. The molecule has 2 amide bonds. The molecule has 7 heteroatoms. The quantitative estimate of drug-likeness (QED) is 0.859. The SMILES string of the molecule is CCO[C@@H]1C[C@H](NC(=O)NCc2nnc3n2CCC3)C12CCC2. The number of carbonyl (C=O) groups is 1. The van der Waals surface area contributed by atoms with E-state index in [0.717, 1.165) is 44.1 Å². The zero-order chi connectivity index (χ0) is 15.9. The predicted molar refractivity (Wildman–Crippen MR) is 83.8 cm³/mol. The summed E-state index contributed by atoms with van der Waals surface area (Å²) in [6, 6.07) is 0.142. The van der Waals surface area contributed by atoms with E-state index in [1.54, 1.807) is 0 Å². The molecular formula is C16H25N5O2. The number of urea groups is 1. The number of fused-ring (bicyclic) bond motifs is 1. The molecule has 2 aliphatic carbocycles. The van der Waals surface area contributed by atoms with Gasteiger partial charge in [-0.2, -0.15) is 0 Å². The minimum Gasteiger partial charge on any atom is -0.378 e.